The lowest BCUT2D eigenvalue weighted by Crippen LogP contribution is -2.19. The van der Waals surface area contributed by atoms with Gasteiger partial charge in [0.05, 0.1) is 6.61 Å². The molecule has 5 nitrogen and oxygen atoms in total. The van der Waals surface area contributed by atoms with Crippen molar-refractivity contribution in [2.75, 3.05) is 11.9 Å². The van der Waals surface area contributed by atoms with Crippen molar-refractivity contribution in [1.82, 2.24) is 15.0 Å². The summed E-state index contributed by atoms with van der Waals surface area (Å²) in [6, 6.07) is 3.93. The summed E-state index contributed by atoms with van der Waals surface area (Å²) in [5.41, 5.74) is 2.72. The van der Waals surface area contributed by atoms with Crippen molar-refractivity contribution in [1.29, 1.82) is 0 Å². The van der Waals surface area contributed by atoms with Crippen molar-refractivity contribution in [3.63, 3.8) is 0 Å². The van der Waals surface area contributed by atoms with Gasteiger partial charge in [-0.25, -0.2) is 9.97 Å². The molecular weight excluding hydrogens is 228 g/mol. The summed E-state index contributed by atoms with van der Waals surface area (Å²) in [5.74, 6) is 0.654. The lowest BCUT2D eigenvalue weighted by molar-refractivity contribution is 0.280. The molecule has 0 unspecified atom stereocenters. The highest BCUT2D eigenvalue weighted by Gasteiger charge is 2.07. The summed E-state index contributed by atoms with van der Waals surface area (Å²) in [7, 11) is 1.94. The van der Waals surface area contributed by atoms with Crippen molar-refractivity contribution in [3.05, 3.63) is 47.5 Å². The van der Waals surface area contributed by atoms with Gasteiger partial charge < -0.3 is 10.0 Å². The predicted molar refractivity (Wildman–Crippen MR) is 69.0 cm³/mol. The van der Waals surface area contributed by atoms with Gasteiger partial charge in [-0.2, -0.15) is 0 Å². The van der Waals surface area contributed by atoms with Gasteiger partial charge in [-0.3, -0.25) is 4.98 Å². The standard InChI is InChI=1S/C13H16N4O/c1-10-12(9-18)7-15-13(16-10)17(2)8-11-3-5-14-6-4-11/h3-7,18H,8-9H2,1-2H3. The van der Waals surface area contributed by atoms with Crippen LogP contribution in [0, 0.1) is 6.92 Å². The zero-order valence-electron chi connectivity index (χ0n) is 10.5. The molecule has 0 aliphatic rings. The highest BCUT2D eigenvalue weighted by atomic mass is 16.3. The van der Waals surface area contributed by atoms with E-state index in [4.69, 9.17) is 5.11 Å². The molecule has 94 valence electrons. The van der Waals surface area contributed by atoms with Crippen LogP contribution in [0.2, 0.25) is 0 Å². The number of aliphatic hydroxyl groups excluding tert-OH is 1. The second-order valence-electron chi connectivity index (χ2n) is 4.15. The first-order valence-corrected chi connectivity index (χ1v) is 5.74. The van der Waals surface area contributed by atoms with E-state index in [1.807, 2.05) is 31.0 Å². The molecule has 5 heteroatoms. The average Bonchev–Trinajstić information content (AvgIpc) is 2.39. The van der Waals surface area contributed by atoms with Crippen LogP contribution in [0.5, 0.6) is 0 Å². The topological polar surface area (TPSA) is 62.1 Å². The molecular formula is C13H16N4O. The van der Waals surface area contributed by atoms with E-state index in [1.165, 1.54) is 0 Å². The number of aliphatic hydroxyl groups is 1. The lowest BCUT2D eigenvalue weighted by atomic mass is 10.2. The molecule has 0 bridgehead atoms. The number of nitrogens with zero attached hydrogens (tertiary/aromatic N) is 4. The fraction of sp³-hybridized carbons (Fsp3) is 0.308. The molecule has 1 N–H and O–H groups in total. The minimum Gasteiger partial charge on any atom is -0.392 e. The Labute approximate surface area is 106 Å². The van der Waals surface area contributed by atoms with E-state index < -0.39 is 0 Å². The minimum atomic E-state index is -0.0276. The van der Waals surface area contributed by atoms with Crippen LogP contribution < -0.4 is 4.90 Å². The van der Waals surface area contributed by atoms with Crippen LogP contribution in [0.3, 0.4) is 0 Å². The Balaban J connectivity index is 2.14. The third-order valence-electron chi connectivity index (χ3n) is 2.75. The maximum absolute atomic E-state index is 9.08. The highest BCUT2D eigenvalue weighted by Crippen LogP contribution is 2.12. The van der Waals surface area contributed by atoms with Gasteiger partial charge in [0.15, 0.2) is 0 Å². The second-order valence-corrected chi connectivity index (χ2v) is 4.15. The summed E-state index contributed by atoms with van der Waals surface area (Å²) in [5, 5.41) is 9.08. The highest BCUT2D eigenvalue weighted by molar-refractivity contribution is 5.33. The molecule has 0 radical (unpaired) electrons. The predicted octanol–water partition coefficient (Wildman–Crippen LogP) is 1.31. The molecule has 18 heavy (non-hydrogen) atoms. The van der Waals surface area contributed by atoms with Crippen LogP contribution in [0.1, 0.15) is 16.8 Å². The zero-order valence-corrected chi connectivity index (χ0v) is 10.5. The molecule has 0 saturated heterocycles. The van der Waals surface area contributed by atoms with E-state index in [9.17, 15) is 0 Å². The smallest absolute Gasteiger partial charge is 0.225 e. The summed E-state index contributed by atoms with van der Waals surface area (Å²) in [6.07, 6.45) is 5.20. The van der Waals surface area contributed by atoms with Crippen LogP contribution in [0.15, 0.2) is 30.7 Å². The summed E-state index contributed by atoms with van der Waals surface area (Å²) in [4.78, 5) is 14.6. The van der Waals surface area contributed by atoms with Gasteiger partial charge in [0.25, 0.3) is 0 Å². The van der Waals surface area contributed by atoms with E-state index in [-0.39, 0.29) is 6.61 Å². The largest absolute Gasteiger partial charge is 0.392 e. The van der Waals surface area contributed by atoms with Crippen molar-refractivity contribution in [2.45, 2.75) is 20.1 Å². The molecule has 0 aliphatic carbocycles. The Morgan fingerprint density at radius 3 is 2.61 bits per heavy atom. The Kier molecular flexibility index (Phi) is 3.84. The van der Waals surface area contributed by atoms with E-state index in [0.29, 0.717) is 5.95 Å². The van der Waals surface area contributed by atoms with Gasteiger partial charge in [-0.1, -0.05) is 0 Å². The molecule has 2 rings (SSSR count). The fourth-order valence-electron chi connectivity index (χ4n) is 1.65. The first-order chi connectivity index (χ1) is 8.70. The van der Waals surface area contributed by atoms with E-state index in [1.54, 1.807) is 18.6 Å². The number of aryl methyl sites for hydroxylation is 1. The van der Waals surface area contributed by atoms with Crippen molar-refractivity contribution in [3.8, 4) is 0 Å². The van der Waals surface area contributed by atoms with Gasteiger partial charge >= 0.3 is 0 Å². The van der Waals surface area contributed by atoms with Crippen LogP contribution in [0.25, 0.3) is 0 Å². The molecule has 0 atom stereocenters. The Morgan fingerprint density at radius 1 is 1.28 bits per heavy atom. The molecule has 0 aliphatic heterocycles. The maximum atomic E-state index is 9.08. The first-order valence-electron chi connectivity index (χ1n) is 5.74. The van der Waals surface area contributed by atoms with E-state index in [2.05, 4.69) is 15.0 Å². The number of anilines is 1. The Bertz CT molecular complexity index is 516. The van der Waals surface area contributed by atoms with Gasteiger partial charge in [0.1, 0.15) is 0 Å². The average molecular weight is 244 g/mol. The lowest BCUT2D eigenvalue weighted by Gasteiger charge is -2.17. The first kappa shape index (κ1) is 12.4. The van der Waals surface area contributed by atoms with Crippen LogP contribution >= 0.6 is 0 Å². The molecule has 2 heterocycles. The van der Waals surface area contributed by atoms with Crippen molar-refractivity contribution < 1.29 is 5.11 Å². The van der Waals surface area contributed by atoms with Gasteiger partial charge in [-0.05, 0) is 24.6 Å². The fourth-order valence-corrected chi connectivity index (χ4v) is 1.65. The second kappa shape index (κ2) is 5.55. The Hall–Kier alpha value is -2.01. The number of hydrogen-bond donors (Lipinski definition) is 1. The van der Waals surface area contributed by atoms with Gasteiger partial charge in [0.2, 0.25) is 5.95 Å². The molecule has 2 aromatic rings. The van der Waals surface area contributed by atoms with Crippen LogP contribution in [-0.2, 0) is 13.2 Å². The third-order valence-corrected chi connectivity index (χ3v) is 2.75. The SMILES string of the molecule is Cc1nc(N(C)Cc2ccncc2)ncc1CO. The quantitative estimate of drug-likeness (QED) is 0.878. The summed E-state index contributed by atoms with van der Waals surface area (Å²) >= 11 is 0. The maximum Gasteiger partial charge on any atom is 0.225 e. The van der Waals surface area contributed by atoms with Gasteiger partial charge in [0, 0.05) is 43.4 Å². The zero-order chi connectivity index (χ0) is 13.0. The molecule has 0 fully saturated rings. The summed E-state index contributed by atoms with van der Waals surface area (Å²) < 4.78 is 0. The minimum absolute atomic E-state index is 0.0276. The number of rotatable bonds is 4. The van der Waals surface area contributed by atoms with E-state index >= 15 is 0 Å². The molecule has 0 saturated carbocycles. The van der Waals surface area contributed by atoms with Crippen LogP contribution in [0.4, 0.5) is 5.95 Å². The summed E-state index contributed by atoms with van der Waals surface area (Å²) in [6.45, 7) is 2.57. The number of hydrogen-bond acceptors (Lipinski definition) is 5. The Morgan fingerprint density at radius 2 is 2.00 bits per heavy atom. The molecule has 2 aromatic heterocycles. The number of pyridine rings is 1. The molecule has 0 spiro atoms. The normalized spacial score (nSPS) is 10.4. The monoisotopic (exact) mass is 244 g/mol. The van der Waals surface area contributed by atoms with Crippen molar-refractivity contribution in [2.24, 2.45) is 0 Å². The molecule has 0 amide bonds. The van der Waals surface area contributed by atoms with Gasteiger partial charge in [-0.15, -0.1) is 0 Å². The van der Waals surface area contributed by atoms with Crippen LogP contribution in [-0.4, -0.2) is 27.1 Å². The third kappa shape index (κ3) is 2.81. The van der Waals surface area contributed by atoms with E-state index in [0.717, 1.165) is 23.4 Å². The number of aromatic nitrogens is 3. The molecule has 0 aromatic carbocycles. The van der Waals surface area contributed by atoms with Crippen molar-refractivity contribution >= 4 is 5.95 Å².